The van der Waals surface area contributed by atoms with Gasteiger partial charge in [0.25, 0.3) is 0 Å². The van der Waals surface area contributed by atoms with Crippen molar-refractivity contribution < 1.29 is 42.1 Å². The molecule has 0 radical (unpaired) electrons. The molecule has 1 unspecified atom stereocenters. The van der Waals surface area contributed by atoms with Gasteiger partial charge in [-0.25, -0.2) is 4.57 Å². The van der Waals surface area contributed by atoms with Gasteiger partial charge in [0.2, 0.25) is 0 Å². The van der Waals surface area contributed by atoms with Gasteiger partial charge in [0.15, 0.2) is 6.10 Å². The Balaban J connectivity index is 4.47. The number of likely N-dealkylation sites (N-methyl/N-ethyl adjacent to an activating group) is 1. The Kier molecular flexibility index (Phi) is 37.7. The van der Waals surface area contributed by atoms with Crippen LogP contribution in [0.5, 0.6) is 0 Å². The first-order valence-electron chi connectivity index (χ1n) is 22.3. The Labute approximate surface area is 354 Å². The summed E-state index contributed by atoms with van der Waals surface area (Å²) < 4.78 is 34.3. The fourth-order valence-corrected chi connectivity index (χ4v) is 6.18. The van der Waals surface area contributed by atoms with Crippen LogP contribution in [0.1, 0.15) is 155 Å². The number of unbranched alkanes of at least 4 members (excludes halogenated alkanes) is 12. The summed E-state index contributed by atoms with van der Waals surface area (Å²) >= 11 is 0. The minimum atomic E-state index is -4.39. The standard InChI is InChI=1S/C48H82NO8P/c1-6-8-10-12-14-16-18-20-22-23-24-25-27-29-31-33-35-37-39-41-48(51)57-46(45-56-58(52,53)55-43-42-49(3,4)5)44-54-47(50)40-38-36-34-32-30-28-26-21-19-17-15-13-11-9-7-2/h8,10,14,16-17,19-22,24-26,29,31,46H,6-7,9,11-13,15,18,23,27-28,30,32-45H2,1-5H3/p+1/b10-8+,16-14+,19-17+,22-20+,25-24+,26-21+,31-29+/t46-/m1/s1. The van der Waals surface area contributed by atoms with Crippen molar-refractivity contribution in [3.05, 3.63) is 85.1 Å². The van der Waals surface area contributed by atoms with E-state index >= 15 is 0 Å². The molecular formula is C48H83NO8P+. The predicted molar refractivity (Wildman–Crippen MR) is 242 cm³/mol. The Morgan fingerprint density at radius 2 is 1.03 bits per heavy atom. The van der Waals surface area contributed by atoms with Gasteiger partial charge in [-0.1, -0.05) is 144 Å². The lowest BCUT2D eigenvalue weighted by Gasteiger charge is -2.24. The average Bonchev–Trinajstić information content (AvgIpc) is 3.17. The van der Waals surface area contributed by atoms with Crippen LogP contribution in [0, 0.1) is 0 Å². The first kappa shape index (κ1) is 55.2. The van der Waals surface area contributed by atoms with Crippen LogP contribution >= 0.6 is 7.82 Å². The van der Waals surface area contributed by atoms with Crippen LogP contribution in [0.4, 0.5) is 0 Å². The van der Waals surface area contributed by atoms with Crippen LogP contribution in [0.25, 0.3) is 0 Å². The fraction of sp³-hybridized carbons (Fsp3) is 0.667. The van der Waals surface area contributed by atoms with E-state index in [0.717, 1.165) is 89.9 Å². The highest BCUT2D eigenvalue weighted by atomic mass is 31.2. The van der Waals surface area contributed by atoms with Gasteiger partial charge in [-0.3, -0.25) is 18.6 Å². The van der Waals surface area contributed by atoms with Crippen LogP contribution in [0.15, 0.2) is 85.1 Å². The molecule has 0 saturated heterocycles. The van der Waals surface area contributed by atoms with E-state index in [9.17, 15) is 19.0 Å². The number of quaternary nitrogens is 1. The topological polar surface area (TPSA) is 108 Å². The number of carbonyl (C=O) groups is 2. The van der Waals surface area contributed by atoms with Crippen molar-refractivity contribution in [3.63, 3.8) is 0 Å². The van der Waals surface area contributed by atoms with E-state index in [1.165, 1.54) is 25.7 Å². The highest BCUT2D eigenvalue weighted by Gasteiger charge is 2.27. The van der Waals surface area contributed by atoms with Crippen molar-refractivity contribution in [2.75, 3.05) is 47.5 Å². The van der Waals surface area contributed by atoms with Gasteiger partial charge < -0.3 is 18.9 Å². The molecule has 58 heavy (non-hydrogen) atoms. The van der Waals surface area contributed by atoms with Gasteiger partial charge >= 0.3 is 19.8 Å². The molecule has 0 aliphatic rings. The molecule has 0 heterocycles. The van der Waals surface area contributed by atoms with E-state index in [1.807, 2.05) is 21.1 Å². The maximum Gasteiger partial charge on any atom is 0.472 e. The Morgan fingerprint density at radius 1 is 0.569 bits per heavy atom. The summed E-state index contributed by atoms with van der Waals surface area (Å²) in [6.07, 6.45) is 50.6. The van der Waals surface area contributed by atoms with Crippen molar-refractivity contribution >= 4 is 19.8 Å². The quantitative estimate of drug-likeness (QED) is 0.0163. The molecule has 0 aromatic heterocycles. The van der Waals surface area contributed by atoms with E-state index < -0.39 is 32.5 Å². The summed E-state index contributed by atoms with van der Waals surface area (Å²) in [5, 5.41) is 0. The zero-order valence-corrected chi connectivity index (χ0v) is 38.1. The third kappa shape index (κ3) is 42.8. The molecule has 0 aromatic rings. The molecule has 2 atom stereocenters. The van der Waals surface area contributed by atoms with E-state index in [2.05, 4.69) is 98.9 Å². The number of carbonyl (C=O) groups excluding carboxylic acids is 2. The summed E-state index contributed by atoms with van der Waals surface area (Å²) in [5.41, 5.74) is 0. The first-order valence-corrected chi connectivity index (χ1v) is 23.8. The van der Waals surface area contributed by atoms with E-state index in [-0.39, 0.29) is 26.1 Å². The molecule has 0 spiro atoms. The van der Waals surface area contributed by atoms with Gasteiger partial charge in [-0.15, -0.1) is 0 Å². The number of esters is 2. The lowest BCUT2D eigenvalue weighted by Crippen LogP contribution is -2.37. The summed E-state index contributed by atoms with van der Waals surface area (Å²) in [5.74, 6) is -0.863. The maximum atomic E-state index is 12.7. The van der Waals surface area contributed by atoms with Crippen molar-refractivity contribution in [3.8, 4) is 0 Å². The number of allylic oxidation sites excluding steroid dienone is 14. The van der Waals surface area contributed by atoms with Crippen LogP contribution in [0.3, 0.4) is 0 Å². The van der Waals surface area contributed by atoms with Crippen molar-refractivity contribution in [1.29, 1.82) is 0 Å². The number of hydrogen-bond donors (Lipinski definition) is 1. The second-order valence-electron chi connectivity index (χ2n) is 15.7. The van der Waals surface area contributed by atoms with Crippen molar-refractivity contribution in [1.82, 2.24) is 0 Å². The second-order valence-corrected chi connectivity index (χ2v) is 17.2. The molecule has 0 aliphatic heterocycles. The van der Waals surface area contributed by atoms with Crippen LogP contribution < -0.4 is 0 Å². The summed E-state index contributed by atoms with van der Waals surface area (Å²) in [7, 11) is 1.43. The molecule has 0 aliphatic carbocycles. The molecule has 0 fully saturated rings. The molecule has 0 rings (SSSR count). The van der Waals surface area contributed by atoms with Gasteiger partial charge in [-0.05, 0) is 83.5 Å². The lowest BCUT2D eigenvalue weighted by atomic mass is 10.1. The van der Waals surface area contributed by atoms with Crippen molar-refractivity contribution in [2.24, 2.45) is 0 Å². The Bertz CT molecular complexity index is 1260. The summed E-state index contributed by atoms with van der Waals surface area (Å²) in [6, 6.07) is 0. The second kappa shape index (κ2) is 39.6. The molecular weight excluding hydrogens is 750 g/mol. The van der Waals surface area contributed by atoms with Crippen LogP contribution in [-0.4, -0.2) is 74.9 Å². The van der Waals surface area contributed by atoms with E-state index in [4.69, 9.17) is 18.5 Å². The van der Waals surface area contributed by atoms with Crippen molar-refractivity contribution in [2.45, 2.75) is 161 Å². The molecule has 332 valence electrons. The number of phosphoric acid groups is 1. The number of rotatable bonds is 39. The van der Waals surface area contributed by atoms with Gasteiger partial charge in [0.05, 0.1) is 27.7 Å². The lowest BCUT2D eigenvalue weighted by molar-refractivity contribution is -0.870. The molecule has 0 bridgehead atoms. The molecule has 0 aromatic carbocycles. The molecule has 0 amide bonds. The monoisotopic (exact) mass is 833 g/mol. The fourth-order valence-electron chi connectivity index (χ4n) is 5.44. The molecule has 10 heteroatoms. The Hall–Kier alpha value is -2.81. The van der Waals surface area contributed by atoms with Gasteiger partial charge in [0.1, 0.15) is 19.8 Å². The van der Waals surface area contributed by atoms with Crippen LogP contribution in [0.2, 0.25) is 0 Å². The van der Waals surface area contributed by atoms with Crippen LogP contribution in [-0.2, 0) is 32.7 Å². The summed E-state index contributed by atoms with van der Waals surface area (Å²) in [4.78, 5) is 35.4. The zero-order valence-electron chi connectivity index (χ0n) is 37.2. The number of phosphoric ester groups is 1. The highest BCUT2D eigenvalue weighted by Crippen LogP contribution is 2.43. The SMILES string of the molecule is CC/C=C/C/C=C/C/C=C/C/C=C/C/C=C/CCCCCC(=O)O[C@H](COC(=O)CCCCCCC/C=C/C=C/CCCCCC)COP(=O)(O)OCC[N+](C)(C)C. The Morgan fingerprint density at radius 3 is 1.59 bits per heavy atom. The predicted octanol–water partition coefficient (Wildman–Crippen LogP) is 12.8. The van der Waals surface area contributed by atoms with Gasteiger partial charge in [0, 0.05) is 12.8 Å². The first-order chi connectivity index (χ1) is 28.0. The minimum absolute atomic E-state index is 0.0175. The number of nitrogens with zero attached hydrogens (tertiary/aromatic N) is 1. The van der Waals surface area contributed by atoms with E-state index in [0.29, 0.717) is 23.9 Å². The third-order valence-electron chi connectivity index (χ3n) is 8.94. The maximum absolute atomic E-state index is 12.7. The van der Waals surface area contributed by atoms with Gasteiger partial charge in [-0.2, -0.15) is 0 Å². The van der Waals surface area contributed by atoms with E-state index in [1.54, 1.807) is 0 Å². The summed E-state index contributed by atoms with van der Waals surface area (Å²) in [6.45, 7) is 4.21. The zero-order chi connectivity index (χ0) is 42.8. The largest absolute Gasteiger partial charge is 0.472 e. The number of hydrogen-bond acceptors (Lipinski definition) is 7. The highest BCUT2D eigenvalue weighted by molar-refractivity contribution is 7.47. The third-order valence-corrected chi connectivity index (χ3v) is 9.92. The molecule has 0 saturated carbocycles. The smallest absolute Gasteiger partial charge is 0.462 e. The average molecular weight is 833 g/mol. The molecule has 1 N–H and O–H groups in total. The normalized spacial score (nSPS) is 14.4. The number of ether oxygens (including phenoxy) is 2. The minimum Gasteiger partial charge on any atom is -0.462 e. The molecule has 9 nitrogen and oxygen atoms in total.